The fourth-order valence-corrected chi connectivity index (χ4v) is 3.34. The van der Waals surface area contributed by atoms with Crippen LogP contribution in [0, 0.1) is 5.92 Å². The van der Waals surface area contributed by atoms with E-state index in [0.717, 1.165) is 24.1 Å². The van der Waals surface area contributed by atoms with E-state index in [1.807, 2.05) is 29.2 Å². The van der Waals surface area contributed by atoms with Crippen molar-refractivity contribution in [3.8, 4) is 0 Å². The monoisotopic (exact) mass is 329 g/mol. The first kappa shape index (κ1) is 16.8. The molecule has 1 heterocycles. The standard InChI is InChI=1S/C19H27N3O2/c1-12(2)13(3)22(15-8-9-15)19(24)20-11-14-10-18(23)21-17-7-5-4-6-16(14)17/h4-7,12-15H,8-11H2,1-3H3,(H,20,24)(H,21,23). The maximum atomic E-state index is 12.7. The number of para-hydroxylation sites is 1. The Kier molecular flexibility index (Phi) is 4.78. The first-order valence-corrected chi connectivity index (χ1v) is 8.92. The summed E-state index contributed by atoms with van der Waals surface area (Å²) in [5.74, 6) is 0.481. The minimum absolute atomic E-state index is 0.00200. The molecule has 1 aromatic carbocycles. The van der Waals surface area contributed by atoms with Crippen LogP contribution in [0.3, 0.4) is 0 Å². The number of nitrogens with one attached hydrogen (secondary N) is 2. The highest BCUT2D eigenvalue weighted by atomic mass is 16.2. The number of amides is 3. The van der Waals surface area contributed by atoms with Crippen LogP contribution in [-0.4, -0.2) is 35.5 Å². The van der Waals surface area contributed by atoms with E-state index in [-0.39, 0.29) is 23.9 Å². The number of rotatable bonds is 5. The highest BCUT2D eigenvalue weighted by Crippen LogP contribution is 2.33. The largest absolute Gasteiger partial charge is 0.337 e. The van der Waals surface area contributed by atoms with Gasteiger partial charge in [-0.2, -0.15) is 0 Å². The van der Waals surface area contributed by atoms with Crippen molar-refractivity contribution in [2.45, 2.75) is 58.0 Å². The average Bonchev–Trinajstić information content (AvgIpc) is 3.37. The molecule has 0 bridgehead atoms. The normalized spacial score (nSPS) is 21.0. The van der Waals surface area contributed by atoms with Gasteiger partial charge in [0.05, 0.1) is 0 Å². The maximum Gasteiger partial charge on any atom is 0.317 e. The van der Waals surface area contributed by atoms with Gasteiger partial charge < -0.3 is 15.5 Å². The van der Waals surface area contributed by atoms with Crippen LogP contribution in [0.5, 0.6) is 0 Å². The van der Waals surface area contributed by atoms with Crippen molar-refractivity contribution < 1.29 is 9.59 Å². The van der Waals surface area contributed by atoms with Gasteiger partial charge >= 0.3 is 6.03 Å². The van der Waals surface area contributed by atoms with Gasteiger partial charge in [0.2, 0.25) is 5.91 Å². The molecule has 1 saturated carbocycles. The second-order valence-corrected chi connectivity index (χ2v) is 7.35. The van der Waals surface area contributed by atoms with Crippen LogP contribution in [0.25, 0.3) is 0 Å². The zero-order chi connectivity index (χ0) is 17.3. The van der Waals surface area contributed by atoms with Crippen molar-refractivity contribution in [1.82, 2.24) is 10.2 Å². The van der Waals surface area contributed by atoms with Gasteiger partial charge in [-0.15, -0.1) is 0 Å². The predicted molar refractivity (Wildman–Crippen MR) is 95.0 cm³/mol. The van der Waals surface area contributed by atoms with E-state index >= 15 is 0 Å². The van der Waals surface area contributed by atoms with Crippen LogP contribution in [0.2, 0.25) is 0 Å². The highest BCUT2D eigenvalue weighted by Gasteiger charge is 2.37. The smallest absolute Gasteiger partial charge is 0.317 e. The second-order valence-electron chi connectivity index (χ2n) is 7.35. The van der Waals surface area contributed by atoms with Gasteiger partial charge in [-0.3, -0.25) is 4.79 Å². The van der Waals surface area contributed by atoms with E-state index in [2.05, 4.69) is 31.4 Å². The molecule has 5 nitrogen and oxygen atoms in total. The Bertz CT molecular complexity index is 625. The molecule has 24 heavy (non-hydrogen) atoms. The first-order chi connectivity index (χ1) is 11.5. The van der Waals surface area contributed by atoms with Crippen LogP contribution >= 0.6 is 0 Å². The van der Waals surface area contributed by atoms with E-state index < -0.39 is 0 Å². The topological polar surface area (TPSA) is 61.4 Å². The minimum atomic E-state index is 0.00200. The Morgan fingerprint density at radius 1 is 1.29 bits per heavy atom. The van der Waals surface area contributed by atoms with Crippen LogP contribution in [-0.2, 0) is 4.79 Å². The molecule has 1 aliphatic heterocycles. The van der Waals surface area contributed by atoms with Crippen LogP contribution in [0.15, 0.2) is 24.3 Å². The summed E-state index contributed by atoms with van der Waals surface area (Å²) in [4.78, 5) is 26.6. The van der Waals surface area contributed by atoms with Gasteiger partial charge in [0.15, 0.2) is 0 Å². The van der Waals surface area contributed by atoms with Gasteiger partial charge in [0.25, 0.3) is 0 Å². The Morgan fingerprint density at radius 3 is 2.67 bits per heavy atom. The third-order valence-corrected chi connectivity index (χ3v) is 5.18. The molecule has 0 radical (unpaired) electrons. The number of fused-ring (bicyclic) bond motifs is 1. The number of carbonyl (C=O) groups is 2. The van der Waals surface area contributed by atoms with Crippen molar-refractivity contribution in [1.29, 1.82) is 0 Å². The Morgan fingerprint density at radius 2 is 2.00 bits per heavy atom. The molecule has 1 aromatic rings. The van der Waals surface area contributed by atoms with Crippen LogP contribution in [0.1, 0.15) is 51.5 Å². The molecule has 2 atom stereocenters. The van der Waals surface area contributed by atoms with Crippen LogP contribution < -0.4 is 10.6 Å². The molecule has 0 spiro atoms. The Labute approximate surface area is 143 Å². The number of carbonyl (C=O) groups excluding carboxylic acids is 2. The maximum absolute atomic E-state index is 12.7. The zero-order valence-corrected chi connectivity index (χ0v) is 14.7. The van der Waals surface area contributed by atoms with E-state index in [1.54, 1.807) is 0 Å². The number of urea groups is 1. The number of hydrogen-bond acceptors (Lipinski definition) is 2. The molecule has 0 saturated heterocycles. The molecular weight excluding hydrogens is 302 g/mol. The molecule has 2 N–H and O–H groups in total. The van der Waals surface area contributed by atoms with Crippen molar-refractivity contribution in [2.24, 2.45) is 5.92 Å². The third kappa shape index (κ3) is 3.55. The number of nitrogens with zero attached hydrogens (tertiary/aromatic N) is 1. The molecule has 0 aromatic heterocycles. The van der Waals surface area contributed by atoms with E-state index in [9.17, 15) is 9.59 Å². The van der Waals surface area contributed by atoms with Gasteiger partial charge in [-0.05, 0) is 37.3 Å². The fourth-order valence-electron chi connectivity index (χ4n) is 3.34. The summed E-state index contributed by atoms with van der Waals surface area (Å²) < 4.78 is 0. The van der Waals surface area contributed by atoms with E-state index in [0.29, 0.717) is 24.9 Å². The summed E-state index contributed by atoms with van der Waals surface area (Å²) in [5, 5.41) is 5.98. The third-order valence-electron chi connectivity index (χ3n) is 5.18. The van der Waals surface area contributed by atoms with Crippen LogP contribution in [0.4, 0.5) is 10.5 Å². The van der Waals surface area contributed by atoms with Crippen molar-refractivity contribution >= 4 is 17.6 Å². The molecular formula is C19H27N3O2. The summed E-state index contributed by atoms with van der Waals surface area (Å²) in [6.45, 7) is 6.91. The molecule has 1 fully saturated rings. The average molecular weight is 329 g/mol. The van der Waals surface area contributed by atoms with Gasteiger partial charge in [-0.25, -0.2) is 4.79 Å². The summed E-state index contributed by atoms with van der Waals surface area (Å²) in [5.41, 5.74) is 1.97. The second kappa shape index (κ2) is 6.83. The predicted octanol–water partition coefficient (Wildman–Crippen LogP) is 3.33. The molecule has 130 valence electrons. The summed E-state index contributed by atoms with van der Waals surface area (Å²) in [7, 11) is 0. The van der Waals surface area contributed by atoms with Crippen molar-refractivity contribution in [2.75, 3.05) is 11.9 Å². The lowest BCUT2D eigenvalue weighted by Gasteiger charge is -2.33. The lowest BCUT2D eigenvalue weighted by atomic mass is 9.90. The molecule has 5 heteroatoms. The summed E-state index contributed by atoms with van der Waals surface area (Å²) >= 11 is 0. The van der Waals surface area contributed by atoms with Gasteiger partial charge in [-0.1, -0.05) is 32.0 Å². The van der Waals surface area contributed by atoms with Gasteiger partial charge in [0.1, 0.15) is 0 Å². The first-order valence-electron chi connectivity index (χ1n) is 8.92. The lowest BCUT2D eigenvalue weighted by molar-refractivity contribution is -0.116. The summed E-state index contributed by atoms with van der Waals surface area (Å²) in [6.07, 6.45) is 2.61. The summed E-state index contributed by atoms with van der Waals surface area (Å²) in [6, 6.07) is 8.44. The molecule has 3 amide bonds. The molecule has 3 rings (SSSR count). The molecule has 2 unspecified atom stereocenters. The minimum Gasteiger partial charge on any atom is -0.337 e. The Hall–Kier alpha value is -2.04. The van der Waals surface area contributed by atoms with E-state index in [1.165, 1.54) is 0 Å². The molecule has 1 aliphatic carbocycles. The number of anilines is 1. The fraction of sp³-hybridized carbons (Fsp3) is 0.579. The molecule has 2 aliphatic rings. The Balaban J connectivity index is 1.66. The zero-order valence-electron chi connectivity index (χ0n) is 14.7. The van der Waals surface area contributed by atoms with E-state index in [4.69, 9.17) is 0 Å². The quantitative estimate of drug-likeness (QED) is 0.870. The lowest BCUT2D eigenvalue weighted by Crippen LogP contribution is -2.49. The number of benzene rings is 1. The number of hydrogen-bond donors (Lipinski definition) is 2. The van der Waals surface area contributed by atoms with Gasteiger partial charge in [0, 0.05) is 36.7 Å². The van der Waals surface area contributed by atoms with Crippen molar-refractivity contribution in [3.63, 3.8) is 0 Å². The SMILES string of the molecule is CC(C)C(C)N(C(=O)NCC1CC(=O)Nc2ccccc21)C1CC1. The highest BCUT2D eigenvalue weighted by molar-refractivity contribution is 5.94. The van der Waals surface area contributed by atoms with Crippen molar-refractivity contribution in [3.05, 3.63) is 29.8 Å².